The zero-order chi connectivity index (χ0) is 59.5. The van der Waals surface area contributed by atoms with Crippen LogP contribution in [0.1, 0.15) is 65.7 Å². The van der Waals surface area contributed by atoms with Crippen molar-refractivity contribution in [2.45, 2.75) is 50.9 Å². The number of halogens is 9. The molecule has 9 aromatic heterocycles. The molecule has 0 radical (unpaired) electrons. The van der Waals surface area contributed by atoms with Gasteiger partial charge in [0.05, 0.1) is 81.4 Å². The van der Waals surface area contributed by atoms with Gasteiger partial charge in [0.1, 0.15) is 22.8 Å². The van der Waals surface area contributed by atoms with Crippen LogP contribution in [0.5, 0.6) is 0 Å². The van der Waals surface area contributed by atoms with E-state index in [1.807, 2.05) is 13.0 Å². The number of nitrogens with two attached hydrogens (primary N) is 1. The Morgan fingerprint density at radius 2 is 0.988 bits per heavy atom. The summed E-state index contributed by atoms with van der Waals surface area (Å²) in [5, 5.41) is 31.4. The number of aromatic nitrogens is 12. The number of alkyl halides is 9. The van der Waals surface area contributed by atoms with Crippen molar-refractivity contribution < 1.29 is 44.7 Å². The molecule has 4 N–H and O–H groups in total. The summed E-state index contributed by atoms with van der Waals surface area (Å²) >= 11 is 0. The number of hydrogen-bond acceptors (Lipinski definition) is 13. The Balaban J connectivity index is 0.906. The topological polar surface area (TPSA) is 201 Å². The van der Waals surface area contributed by atoms with Crippen molar-refractivity contribution >= 4 is 44.1 Å². The van der Waals surface area contributed by atoms with Gasteiger partial charge in [-0.1, -0.05) is 53.7 Å². The zero-order valence-electron chi connectivity index (χ0n) is 44.3. The molecule has 2 atom stereocenters. The first-order valence-corrected chi connectivity index (χ1v) is 25.9. The third-order valence-electron chi connectivity index (χ3n) is 14.1. The van der Waals surface area contributed by atoms with Gasteiger partial charge in [0.15, 0.2) is 17.5 Å². The number of nitrogens with one attached hydrogen (secondary N) is 1. The van der Waals surface area contributed by atoms with Crippen molar-refractivity contribution in [1.29, 1.82) is 0 Å². The van der Waals surface area contributed by atoms with Crippen LogP contribution in [0.15, 0.2) is 175 Å². The SMILES string of the molecule is C/C(=N\O)c1cccc(-c2cc(N[C@H](C)c3cccc(-c4cc(C[C@H](N)c5cccc(-c6ccc7cnn(-c8cccc(C(F)(F)F)n8)c7c6)n5)c5cnn(-c6cccc(C(F)(F)F)n6)c5c4)n3)c3cnn(-c4cccc(C(F)(F)F)n4)c3c2)n1. The summed E-state index contributed by atoms with van der Waals surface area (Å²) in [6.45, 7) is 3.43. The number of anilines is 1. The van der Waals surface area contributed by atoms with Gasteiger partial charge >= 0.3 is 18.5 Å². The number of benzene rings is 3. The maximum Gasteiger partial charge on any atom is 0.433 e. The molecule has 0 fully saturated rings. The first kappa shape index (κ1) is 55.1. The third kappa shape index (κ3) is 10.9. The van der Waals surface area contributed by atoms with Gasteiger partial charge in [-0.15, -0.1) is 0 Å². The summed E-state index contributed by atoms with van der Waals surface area (Å²) in [5.41, 5.74) is 10.8. The molecule has 426 valence electrons. The van der Waals surface area contributed by atoms with Gasteiger partial charge in [0.2, 0.25) is 0 Å². The van der Waals surface area contributed by atoms with Crippen molar-refractivity contribution in [2.24, 2.45) is 10.9 Å². The summed E-state index contributed by atoms with van der Waals surface area (Å²) < 4.78 is 129. The van der Waals surface area contributed by atoms with E-state index < -0.39 is 47.7 Å². The molecule has 9 heterocycles. The van der Waals surface area contributed by atoms with E-state index in [0.717, 1.165) is 18.2 Å². The molecule has 85 heavy (non-hydrogen) atoms. The molecular formula is C60H42F9N15O. The van der Waals surface area contributed by atoms with Gasteiger partial charge < -0.3 is 16.3 Å². The van der Waals surface area contributed by atoms with Crippen molar-refractivity contribution in [2.75, 3.05) is 5.32 Å². The highest BCUT2D eigenvalue weighted by Crippen LogP contribution is 2.38. The molecule has 25 heteroatoms. The molecular weight excluding hydrogens is 1120 g/mol. The molecule has 0 aliphatic heterocycles. The smallest absolute Gasteiger partial charge is 0.411 e. The quantitative estimate of drug-likeness (QED) is 0.0427. The fourth-order valence-electron chi connectivity index (χ4n) is 9.90. The Morgan fingerprint density at radius 1 is 0.518 bits per heavy atom. The zero-order valence-corrected chi connectivity index (χ0v) is 44.3. The minimum atomic E-state index is -4.75. The highest BCUT2D eigenvalue weighted by Gasteiger charge is 2.35. The number of nitrogens with zero attached hydrogens (tertiary/aromatic N) is 13. The molecule has 0 aliphatic carbocycles. The Kier molecular flexibility index (Phi) is 13.9. The second-order valence-corrected chi connectivity index (χ2v) is 19.8. The lowest BCUT2D eigenvalue weighted by molar-refractivity contribution is -0.141. The Morgan fingerprint density at radius 3 is 1.58 bits per heavy atom. The molecule has 0 saturated carbocycles. The van der Waals surface area contributed by atoms with Gasteiger partial charge in [0, 0.05) is 38.5 Å². The lowest BCUT2D eigenvalue weighted by atomic mass is 9.96. The van der Waals surface area contributed by atoms with Crippen LogP contribution in [0.4, 0.5) is 45.2 Å². The van der Waals surface area contributed by atoms with E-state index >= 15 is 0 Å². The number of fused-ring (bicyclic) bond motifs is 3. The Labute approximate surface area is 474 Å². The maximum atomic E-state index is 14.1. The lowest BCUT2D eigenvalue weighted by Crippen LogP contribution is -2.15. The summed E-state index contributed by atoms with van der Waals surface area (Å²) in [6, 6.07) is 37.4. The first-order valence-electron chi connectivity index (χ1n) is 25.9. The molecule has 16 nitrogen and oxygen atoms in total. The molecule has 0 aliphatic rings. The van der Waals surface area contributed by atoms with E-state index in [0.29, 0.717) is 94.8 Å². The predicted octanol–water partition coefficient (Wildman–Crippen LogP) is 13.7. The molecule has 3 aromatic carbocycles. The molecule has 12 rings (SSSR count). The summed E-state index contributed by atoms with van der Waals surface area (Å²) in [5.74, 6) is -0.229. The normalized spacial score (nSPS) is 13.2. The lowest BCUT2D eigenvalue weighted by Gasteiger charge is -2.18. The molecule has 0 bridgehead atoms. The third-order valence-corrected chi connectivity index (χ3v) is 14.1. The van der Waals surface area contributed by atoms with E-state index in [2.05, 4.69) is 40.7 Å². The van der Waals surface area contributed by atoms with Crippen LogP contribution in [0.3, 0.4) is 0 Å². The first-order chi connectivity index (χ1) is 40.7. The monoisotopic (exact) mass is 1160 g/mol. The minimum absolute atomic E-state index is 0.0331. The van der Waals surface area contributed by atoms with E-state index in [9.17, 15) is 44.7 Å². The maximum absolute atomic E-state index is 14.1. The van der Waals surface area contributed by atoms with Gasteiger partial charge in [-0.25, -0.2) is 34.0 Å². The highest BCUT2D eigenvalue weighted by molar-refractivity contribution is 5.98. The molecule has 0 amide bonds. The van der Waals surface area contributed by atoms with E-state index in [1.165, 1.54) is 69.0 Å². The van der Waals surface area contributed by atoms with Gasteiger partial charge in [-0.05, 0) is 129 Å². The average molecular weight is 1160 g/mol. The minimum Gasteiger partial charge on any atom is -0.411 e. The van der Waals surface area contributed by atoms with Crippen LogP contribution in [0.25, 0.3) is 83.9 Å². The summed E-state index contributed by atoms with van der Waals surface area (Å²) in [6.07, 6.45) is -9.48. The van der Waals surface area contributed by atoms with Crippen LogP contribution in [-0.2, 0) is 24.9 Å². The van der Waals surface area contributed by atoms with Crippen molar-refractivity contribution in [3.05, 3.63) is 210 Å². The fourth-order valence-corrected chi connectivity index (χ4v) is 9.90. The van der Waals surface area contributed by atoms with Crippen LogP contribution in [-0.4, -0.2) is 70.2 Å². The Bertz CT molecular complexity index is 4570. The average Bonchev–Trinajstić information content (AvgIpc) is 3.75. The molecule has 0 unspecified atom stereocenters. The summed E-state index contributed by atoms with van der Waals surface area (Å²) in [4.78, 5) is 26.4. The number of oxime groups is 1. The van der Waals surface area contributed by atoms with Gasteiger partial charge in [0.25, 0.3) is 0 Å². The van der Waals surface area contributed by atoms with Crippen LogP contribution in [0.2, 0.25) is 0 Å². The largest absolute Gasteiger partial charge is 0.433 e. The highest BCUT2D eigenvalue weighted by atomic mass is 19.4. The van der Waals surface area contributed by atoms with Gasteiger partial charge in [-0.2, -0.15) is 54.8 Å². The van der Waals surface area contributed by atoms with Crippen LogP contribution < -0.4 is 11.1 Å². The van der Waals surface area contributed by atoms with Gasteiger partial charge in [-0.3, -0.25) is 9.97 Å². The van der Waals surface area contributed by atoms with Crippen molar-refractivity contribution in [1.82, 2.24) is 59.2 Å². The fraction of sp³-hybridized carbons (Fsp3) is 0.133. The molecule has 12 aromatic rings. The van der Waals surface area contributed by atoms with E-state index in [-0.39, 0.29) is 29.6 Å². The second kappa shape index (κ2) is 21.4. The number of hydrogen-bond donors (Lipinski definition) is 3. The molecule has 0 spiro atoms. The second-order valence-electron chi connectivity index (χ2n) is 19.8. The number of pyridine rings is 6. The van der Waals surface area contributed by atoms with Crippen molar-refractivity contribution in [3.8, 4) is 51.2 Å². The summed E-state index contributed by atoms with van der Waals surface area (Å²) in [7, 11) is 0. The molecule has 0 saturated heterocycles. The number of rotatable bonds is 13. The standard InChI is InChI=1S/C60H42F9N15O/c1-32(74-48-25-38(46-13-4-10-43(76-46)33(2)81-85)28-51-40(48)31-73-84(51)57-20-8-17-54(80-57)60(67,68)69)42-9-3-12-45(75-42)37-23-36(39-30-72-83(50(39)27-37)56-19-7-16-53(79-56)59(64,65)66)24-41(70)47-14-5-11-44(77-47)34-21-22-35-29-71-82(49(35)26-34)55-18-6-15-52(78-55)58(61,62)63/h3-23,25-32,41,74,85H,24,70H2,1-2H3/b81-33+/t32-,41+/m1/s1. The Hall–Kier alpha value is -10.4. The van der Waals surface area contributed by atoms with Crippen LogP contribution >= 0.6 is 0 Å². The van der Waals surface area contributed by atoms with E-state index in [1.54, 1.807) is 97.9 Å². The van der Waals surface area contributed by atoms with E-state index in [4.69, 9.17) is 20.7 Å². The predicted molar refractivity (Wildman–Crippen MR) is 298 cm³/mol. The van der Waals surface area contributed by atoms with Crippen molar-refractivity contribution in [3.63, 3.8) is 0 Å². The van der Waals surface area contributed by atoms with Crippen LogP contribution in [0, 0.1) is 0 Å².